The lowest BCUT2D eigenvalue weighted by atomic mass is 10.1. The molecule has 0 bridgehead atoms. The van der Waals surface area contributed by atoms with Crippen LogP contribution in [0.2, 0.25) is 0 Å². The van der Waals surface area contributed by atoms with Gasteiger partial charge in [0.1, 0.15) is 0 Å². The van der Waals surface area contributed by atoms with Gasteiger partial charge in [-0.3, -0.25) is 0 Å². The summed E-state index contributed by atoms with van der Waals surface area (Å²) in [4.78, 5) is 8.03. The van der Waals surface area contributed by atoms with Gasteiger partial charge < -0.3 is 4.57 Å². The number of halogens is 3. The number of fused-ring (bicyclic) bond motifs is 1. The topological polar surface area (TPSA) is 30.7 Å². The molecule has 0 saturated heterocycles. The fourth-order valence-corrected chi connectivity index (χ4v) is 1.69. The van der Waals surface area contributed by atoms with Crippen molar-refractivity contribution in [3.63, 3.8) is 0 Å². The molecule has 0 fully saturated rings. The van der Waals surface area contributed by atoms with Crippen molar-refractivity contribution < 1.29 is 13.2 Å². The Balaban J connectivity index is 2.81. The maximum Gasteiger partial charge on any atom is 0.418 e. The van der Waals surface area contributed by atoms with Gasteiger partial charge >= 0.3 is 6.18 Å². The van der Waals surface area contributed by atoms with E-state index in [-0.39, 0.29) is 17.1 Å². The molecule has 2 aromatic rings. The van der Waals surface area contributed by atoms with Gasteiger partial charge in [-0.15, -0.1) is 0 Å². The van der Waals surface area contributed by atoms with E-state index in [0.717, 1.165) is 6.07 Å². The Morgan fingerprint density at radius 1 is 1.29 bits per heavy atom. The molecule has 0 aromatic carbocycles. The van der Waals surface area contributed by atoms with Gasteiger partial charge in [-0.2, -0.15) is 13.2 Å². The molecule has 3 nitrogen and oxygen atoms in total. The Morgan fingerprint density at radius 3 is 2.47 bits per heavy atom. The van der Waals surface area contributed by atoms with Gasteiger partial charge in [0, 0.05) is 12.7 Å². The number of rotatable bonds is 1. The summed E-state index contributed by atoms with van der Waals surface area (Å²) in [5.41, 5.74) is -0.0948. The summed E-state index contributed by atoms with van der Waals surface area (Å²) in [5, 5.41) is 0. The van der Waals surface area contributed by atoms with Gasteiger partial charge in [0.05, 0.1) is 17.4 Å². The monoisotopic (exact) mass is 243 g/mol. The Kier molecular flexibility index (Phi) is 2.60. The first-order valence-corrected chi connectivity index (χ1v) is 5.20. The number of alkyl halides is 3. The Morgan fingerprint density at radius 2 is 1.94 bits per heavy atom. The molecular weight excluding hydrogens is 231 g/mol. The zero-order valence-electron chi connectivity index (χ0n) is 9.71. The molecule has 0 aliphatic heterocycles. The van der Waals surface area contributed by atoms with Crippen LogP contribution in [-0.2, 0) is 13.2 Å². The van der Waals surface area contributed by atoms with Gasteiger partial charge in [0.2, 0.25) is 0 Å². The van der Waals surface area contributed by atoms with Crippen molar-refractivity contribution in [3.05, 3.63) is 23.7 Å². The van der Waals surface area contributed by atoms with Crippen LogP contribution in [0.15, 0.2) is 12.4 Å². The molecule has 0 aliphatic rings. The van der Waals surface area contributed by atoms with E-state index in [1.165, 1.54) is 17.9 Å². The molecule has 0 N–H and O–H groups in total. The summed E-state index contributed by atoms with van der Waals surface area (Å²) < 4.78 is 40.2. The van der Waals surface area contributed by atoms with E-state index < -0.39 is 11.7 Å². The van der Waals surface area contributed by atoms with Crippen LogP contribution >= 0.6 is 0 Å². The van der Waals surface area contributed by atoms with Crippen molar-refractivity contribution in [3.8, 4) is 0 Å². The van der Waals surface area contributed by atoms with Crippen molar-refractivity contribution in [1.29, 1.82) is 0 Å². The van der Waals surface area contributed by atoms with Crippen LogP contribution in [0.25, 0.3) is 11.2 Å². The van der Waals surface area contributed by atoms with Crippen LogP contribution in [0, 0.1) is 0 Å². The van der Waals surface area contributed by atoms with Crippen molar-refractivity contribution in [2.75, 3.05) is 0 Å². The molecule has 2 heterocycles. The maximum absolute atomic E-state index is 12.9. The predicted octanol–water partition coefficient (Wildman–Crippen LogP) is 3.11. The van der Waals surface area contributed by atoms with E-state index in [2.05, 4.69) is 9.97 Å². The highest BCUT2D eigenvalue weighted by molar-refractivity contribution is 5.76. The first kappa shape index (κ1) is 11.9. The van der Waals surface area contributed by atoms with Gasteiger partial charge in [0.25, 0.3) is 0 Å². The van der Waals surface area contributed by atoms with Crippen LogP contribution in [0.5, 0.6) is 0 Å². The molecule has 0 aliphatic carbocycles. The molecule has 2 rings (SSSR count). The molecule has 0 unspecified atom stereocenters. The third kappa shape index (κ3) is 1.99. The van der Waals surface area contributed by atoms with Crippen LogP contribution < -0.4 is 0 Å². The molecule has 2 aromatic heterocycles. The molecule has 0 amide bonds. The third-order valence-corrected chi connectivity index (χ3v) is 2.60. The minimum atomic E-state index is -4.39. The smallest absolute Gasteiger partial charge is 0.332 e. The lowest BCUT2D eigenvalue weighted by Crippen LogP contribution is -2.10. The van der Waals surface area contributed by atoms with Crippen LogP contribution in [0.4, 0.5) is 13.2 Å². The number of hydrogen-bond donors (Lipinski definition) is 0. The average Bonchev–Trinajstić information content (AvgIpc) is 2.58. The number of pyridine rings is 1. The molecule has 6 heteroatoms. The lowest BCUT2D eigenvalue weighted by Gasteiger charge is -2.12. The SMILES string of the molecule is CC(C)c1cc(C(F)(F)F)c2c(ncn2C)n1. The second kappa shape index (κ2) is 3.72. The Labute approximate surface area is 96.3 Å². The molecule has 0 atom stereocenters. The van der Waals surface area contributed by atoms with E-state index in [1.807, 2.05) is 0 Å². The Bertz CT molecular complexity index is 555. The van der Waals surface area contributed by atoms with Crippen molar-refractivity contribution in [1.82, 2.24) is 14.5 Å². The summed E-state index contributed by atoms with van der Waals surface area (Å²) in [6, 6.07) is 1.11. The maximum atomic E-state index is 12.9. The standard InChI is InChI=1S/C11H12F3N3/c1-6(2)8-4-7(11(12,13)14)9-10(16-8)15-5-17(9)3/h4-6H,1-3H3. The average molecular weight is 243 g/mol. The summed E-state index contributed by atoms with van der Waals surface area (Å²) in [6.07, 6.45) is -3.05. The number of hydrogen-bond acceptors (Lipinski definition) is 2. The van der Waals surface area contributed by atoms with E-state index in [1.54, 1.807) is 13.8 Å². The van der Waals surface area contributed by atoms with Crippen molar-refractivity contribution in [2.45, 2.75) is 25.9 Å². The van der Waals surface area contributed by atoms with E-state index in [9.17, 15) is 13.2 Å². The first-order valence-electron chi connectivity index (χ1n) is 5.20. The van der Waals surface area contributed by atoms with E-state index >= 15 is 0 Å². The minimum Gasteiger partial charge on any atom is -0.332 e. The van der Waals surface area contributed by atoms with Crippen molar-refractivity contribution >= 4 is 11.2 Å². The molecule has 0 saturated carbocycles. The van der Waals surface area contributed by atoms with Crippen molar-refractivity contribution in [2.24, 2.45) is 7.05 Å². The summed E-state index contributed by atoms with van der Waals surface area (Å²) in [7, 11) is 1.53. The molecule has 0 radical (unpaired) electrons. The van der Waals surface area contributed by atoms with Crippen LogP contribution in [-0.4, -0.2) is 14.5 Å². The van der Waals surface area contributed by atoms with E-state index in [0.29, 0.717) is 5.69 Å². The zero-order chi connectivity index (χ0) is 12.8. The van der Waals surface area contributed by atoms with Gasteiger partial charge in [-0.1, -0.05) is 13.8 Å². The molecular formula is C11H12F3N3. The third-order valence-electron chi connectivity index (χ3n) is 2.60. The van der Waals surface area contributed by atoms with E-state index in [4.69, 9.17) is 0 Å². The largest absolute Gasteiger partial charge is 0.418 e. The molecule has 17 heavy (non-hydrogen) atoms. The normalized spacial score (nSPS) is 12.6. The highest BCUT2D eigenvalue weighted by atomic mass is 19.4. The van der Waals surface area contributed by atoms with Crippen LogP contribution in [0.1, 0.15) is 31.0 Å². The fourth-order valence-electron chi connectivity index (χ4n) is 1.69. The molecule has 92 valence electrons. The Hall–Kier alpha value is -1.59. The minimum absolute atomic E-state index is 0.0295. The highest BCUT2D eigenvalue weighted by Gasteiger charge is 2.35. The highest BCUT2D eigenvalue weighted by Crippen LogP contribution is 2.35. The zero-order valence-corrected chi connectivity index (χ0v) is 9.71. The van der Waals surface area contributed by atoms with Crippen LogP contribution in [0.3, 0.4) is 0 Å². The second-order valence-corrected chi connectivity index (χ2v) is 4.27. The first-order chi connectivity index (χ1) is 7.80. The number of aryl methyl sites for hydroxylation is 1. The van der Waals surface area contributed by atoms with Gasteiger partial charge in [-0.25, -0.2) is 9.97 Å². The second-order valence-electron chi connectivity index (χ2n) is 4.27. The predicted molar refractivity (Wildman–Crippen MR) is 57.6 cm³/mol. The summed E-state index contributed by atoms with van der Waals surface area (Å²) in [5.74, 6) is -0.0671. The number of aromatic nitrogens is 3. The fraction of sp³-hybridized carbons (Fsp3) is 0.455. The number of nitrogens with zero attached hydrogens (tertiary/aromatic N) is 3. The summed E-state index contributed by atoms with van der Waals surface area (Å²) >= 11 is 0. The van der Waals surface area contributed by atoms with Gasteiger partial charge in [0.15, 0.2) is 5.65 Å². The number of imidazole rings is 1. The molecule has 0 spiro atoms. The summed E-state index contributed by atoms with van der Waals surface area (Å²) in [6.45, 7) is 3.61. The quantitative estimate of drug-likeness (QED) is 0.770. The van der Waals surface area contributed by atoms with Gasteiger partial charge in [-0.05, 0) is 12.0 Å². The lowest BCUT2D eigenvalue weighted by molar-refractivity contribution is -0.136.